The molecule has 10 rings (SSSR count). The Morgan fingerprint density at radius 1 is 0.360 bits per heavy atom. The van der Waals surface area contributed by atoms with E-state index < -0.39 is 0 Å². The number of hydrogen-bond donors (Lipinski definition) is 0. The molecule has 0 aliphatic heterocycles. The minimum atomic E-state index is 0.665. The molecule has 0 saturated heterocycles. The molecule has 3 heteroatoms. The minimum absolute atomic E-state index is 0.665. The first-order valence-electron chi connectivity index (χ1n) is 16.9. The molecule has 0 unspecified atom stereocenters. The highest BCUT2D eigenvalue weighted by Gasteiger charge is 2.16. The van der Waals surface area contributed by atoms with E-state index in [1.807, 2.05) is 6.07 Å². The zero-order chi connectivity index (χ0) is 33.0. The maximum Gasteiger partial charge on any atom is 0.227 e. The molecule has 0 atom stereocenters. The van der Waals surface area contributed by atoms with Gasteiger partial charge < -0.3 is 9.32 Å². The van der Waals surface area contributed by atoms with Gasteiger partial charge in [0.05, 0.1) is 0 Å². The van der Waals surface area contributed by atoms with Crippen molar-refractivity contribution in [2.24, 2.45) is 0 Å². The molecule has 2 aromatic heterocycles. The fraction of sp³-hybridized carbons (Fsp3) is 0. The first-order chi connectivity index (χ1) is 24.7. The lowest BCUT2D eigenvalue weighted by Gasteiger charge is -2.26. The fourth-order valence-corrected chi connectivity index (χ4v) is 7.27. The lowest BCUT2D eigenvalue weighted by molar-refractivity contribution is 0.654. The zero-order valence-corrected chi connectivity index (χ0v) is 27.1. The molecular formula is C47H30N2O. The summed E-state index contributed by atoms with van der Waals surface area (Å²) in [7, 11) is 0. The Balaban J connectivity index is 1.08. The summed E-state index contributed by atoms with van der Waals surface area (Å²) in [6, 6.07) is 63.3. The molecule has 0 aliphatic carbocycles. The number of aromatic nitrogens is 1. The zero-order valence-electron chi connectivity index (χ0n) is 27.1. The lowest BCUT2D eigenvalue weighted by Crippen LogP contribution is -2.09. The van der Waals surface area contributed by atoms with Crippen molar-refractivity contribution >= 4 is 71.4 Å². The van der Waals surface area contributed by atoms with Gasteiger partial charge in [-0.25, -0.2) is 4.98 Å². The molecular weight excluding hydrogens is 609 g/mol. The quantitative estimate of drug-likeness (QED) is 0.188. The van der Waals surface area contributed by atoms with Crippen molar-refractivity contribution in [1.29, 1.82) is 0 Å². The van der Waals surface area contributed by atoms with Gasteiger partial charge >= 0.3 is 0 Å². The van der Waals surface area contributed by atoms with Crippen LogP contribution in [0.1, 0.15) is 0 Å². The summed E-state index contributed by atoms with van der Waals surface area (Å²) < 4.78 is 6.10. The van der Waals surface area contributed by atoms with Crippen molar-refractivity contribution in [2.45, 2.75) is 0 Å². The van der Waals surface area contributed by atoms with E-state index in [2.05, 4.69) is 180 Å². The van der Waals surface area contributed by atoms with Gasteiger partial charge in [0.25, 0.3) is 0 Å². The molecule has 3 nitrogen and oxygen atoms in total. The van der Waals surface area contributed by atoms with Gasteiger partial charge in [-0.1, -0.05) is 103 Å². The lowest BCUT2D eigenvalue weighted by atomic mass is 10.00. The van der Waals surface area contributed by atoms with Crippen LogP contribution in [0.2, 0.25) is 0 Å². The van der Waals surface area contributed by atoms with E-state index in [9.17, 15) is 0 Å². The van der Waals surface area contributed by atoms with Crippen molar-refractivity contribution < 1.29 is 4.42 Å². The highest BCUT2D eigenvalue weighted by molar-refractivity contribution is 6.09. The molecule has 50 heavy (non-hydrogen) atoms. The van der Waals surface area contributed by atoms with Gasteiger partial charge in [0.15, 0.2) is 0 Å². The molecule has 10 aromatic rings. The molecule has 0 aliphatic rings. The molecule has 0 saturated carbocycles. The predicted octanol–water partition coefficient (Wildman–Crippen LogP) is 13.2. The Bertz CT molecular complexity index is 2750. The van der Waals surface area contributed by atoms with E-state index in [0.717, 1.165) is 44.2 Å². The third kappa shape index (κ3) is 4.87. The average Bonchev–Trinajstić information content (AvgIpc) is 3.54. The first-order valence-corrected chi connectivity index (χ1v) is 16.9. The van der Waals surface area contributed by atoms with E-state index in [-0.39, 0.29) is 0 Å². The van der Waals surface area contributed by atoms with Crippen LogP contribution in [-0.2, 0) is 0 Å². The maximum atomic E-state index is 6.10. The summed E-state index contributed by atoms with van der Waals surface area (Å²) in [5.41, 5.74) is 9.57. The van der Waals surface area contributed by atoms with Crippen LogP contribution in [-0.4, -0.2) is 4.98 Å². The molecule has 8 aromatic carbocycles. The number of pyridine rings is 1. The van der Waals surface area contributed by atoms with E-state index >= 15 is 0 Å². The summed E-state index contributed by atoms with van der Waals surface area (Å²) in [5, 5.41) is 9.36. The van der Waals surface area contributed by atoms with Crippen LogP contribution in [0.4, 0.5) is 17.1 Å². The van der Waals surface area contributed by atoms with Gasteiger partial charge in [-0.05, 0) is 127 Å². The van der Waals surface area contributed by atoms with Gasteiger partial charge in [-0.15, -0.1) is 0 Å². The molecule has 0 amide bonds. The maximum absolute atomic E-state index is 6.10. The van der Waals surface area contributed by atoms with Gasteiger partial charge in [-0.3, -0.25) is 0 Å². The number of hydrogen-bond acceptors (Lipinski definition) is 3. The van der Waals surface area contributed by atoms with Gasteiger partial charge in [0.2, 0.25) is 5.71 Å². The van der Waals surface area contributed by atoms with Crippen LogP contribution in [0, 0.1) is 0 Å². The Hall–Kier alpha value is -6.71. The van der Waals surface area contributed by atoms with Crippen LogP contribution in [0.3, 0.4) is 0 Å². The number of benzene rings is 8. The second-order valence-corrected chi connectivity index (χ2v) is 12.9. The smallest absolute Gasteiger partial charge is 0.227 e. The topological polar surface area (TPSA) is 29.3 Å². The number of anilines is 3. The molecule has 2 heterocycles. The summed E-state index contributed by atoms with van der Waals surface area (Å²) in [6.45, 7) is 0. The normalized spacial score (nSPS) is 11.6. The van der Waals surface area contributed by atoms with Crippen LogP contribution in [0.15, 0.2) is 187 Å². The number of rotatable bonds is 5. The summed E-state index contributed by atoms with van der Waals surface area (Å²) >= 11 is 0. The first kappa shape index (κ1) is 28.3. The standard InChI is InChI=1S/C47H30N2O/c1-3-8-35-26-37(13-11-31(35)6-1)33-15-20-41(21-16-33)49(42-22-17-34(18-23-42)38-14-12-32-7-2-4-9-36(32)27-38)43-24-19-39-30-46-45(29-40(39)28-43)44-10-5-25-48-47(44)50-46/h1-30H. The second-order valence-electron chi connectivity index (χ2n) is 12.9. The van der Waals surface area contributed by atoms with Crippen LogP contribution < -0.4 is 4.90 Å². The summed E-state index contributed by atoms with van der Waals surface area (Å²) in [4.78, 5) is 6.79. The van der Waals surface area contributed by atoms with E-state index in [4.69, 9.17) is 4.42 Å². The highest BCUT2D eigenvalue weighted by Crippen LogP contribution is 2.40. The SMILES string of the molecule is c1ccc2cc(-c3ccc(N(c4ccc(-c5ccc6ccccc6c5)cc4)c4ccc5cc6oc7ncccc7c6cc5c4)cc3)ccc2c1. The largest absolute Gasteiger partial charge is 0.438 e. The average molecular weight is 639 g/mol. The Kier molecular flexibility index (Phi) is 6.49. The molecule has 0 radical (unpaired) electrons. The van der Waals surface area contributed by atoms with E-state index in [1.54, 1.807) is 6.20 Å². The molecule has 0 fully saturated rings. The Morgan fingerprint density at radius 3 is 1.50 bits per heavy atom. The van der Waals surface area contributed by atoms with Crippen LogP contribution in [0.5, 0.6) is 0 Å². The van der Waals surface area contributed by atoms with Crippen molar-refractivity contribution in [3.8, 4) is 22.3 Å². The molecule has 0 bridgehead atoms. The number of furan rings is 1. The third-order valence-electron chi connectivity index (χ3n) is 9.87. The summed E-state index contributed by atoms with van der Waals surface area (Å²) in [5.74, 6) is 0. The van der Waals surface area contributed by atoms with Crippen LogP contribution in [0.25, 0.3) is 76.6 Å². The van der Waals surface area contributed by atoms with Crippen LogP contribution >= 0.6 is 0 Å². The van der Waals surface area contributed by atoms with Gasteiger partial charge in [-0.2, -0.15) is 0 Å². The highest BCUT2D eigenvalue weighted by atomic mass is 16.3. The summed E-state index contributed by atoms with van der Waals surface area (Å²) in [6.07, 6.45) is 1.77. The number of fused-ring (bicyclic) bond motifs is 6. The van der Waals surface area contributed by atoms with Crippen molar-refractivity contribution in [3.05, 3.63) is 182 Å². The fourth-order valence-electron chi connectivity index (χ4n) is 7.27. The predicted molar refractivity (Wildman–Crippen MR) is 210 cm³/mol. The molecule has 0 spiro atoms. The van der Waals surface area contributed by atoms with Gasteiger partial charge in [0, 0.05) is 34.0 Å². The Morgan fingerprint density at radius 2 is 0.880 bits per heavy atom. The third-order valence-corrected chi connectivity index (χ3v) is 9.87. The van der Waals surface area contributed by atoms with Crippen molar-refractivity contribution in [3.63, 3.8) is 0 Å². The minimum Gasteiger partial charge on any atom is -0.438 e. The monoisotopic (exact) mass is 638 g/mol. The van der Waals surface area contributed by atoms with Crippen molar-refractivity contribution in [1.82, 2.24) is 4.98 Å². The number of nitrogens with zero attached hydrogens (tertiary/aromatic N) is 2. The Labute approximate surface area is 289 Å². The van der Waals surface area contributed by atoms with E-state index in [0.29, 0.717) is 5.71 Å². The molecule has 0 N–H and O–H groups in total. The van der Waals surface area contributed by atoms with E-state index in [1.165, 1.54) is 43.8 Å². The molecule has 234 valence electrons. The second kappa shape index (κ2) is 11.5. The van der Waals surface area contributed by atoms with Crippen molar-refractivity contribution in [2.75, 3.05) is 4.90 Å². The van der Waals surface area contributed by atoms with Gasteiger partial charge in [0.1, 0.15) is 5.58 Å².